The predicted octanol–water partition coefficient (Wildman–Crippen LogP) is 2.56. The predicted molar refractivity (Wildman–Crippen MR) is 115 cm³/mol. The van der Waals surface area contributed by atoms with Gasteiger partial charge in [0.25, 0.3) is 0 Å². The Morgan fingerprint density at radius 2 is 1.77 bits per heavy atom. The number of rotatable bonds is 7. The maximum Gasteiger partial charge on any atom is 0.241 e. The molecule has 1 aliphatic heterocycles. The van der Waals surface area contributed by atoms with Gasteiger partial charge in [-0.3, -0.25) is 14.5 Å². The molecule has 0 bridgehead atoms. The van der Waals surface area contributed by atoms with Crippen molar-refractivity contribution in [1.82, 2.24) is 4.90 Å². The fourth-order valence-corrected chi connectivity index (χ4v) is 3.14. The number of likely N-dealkylation sites (N-methyl/N-ethyl adjacent to an activating group) is 1. The van der Waals surface area contributed by atoms with Crippen LogP contribution in [0.3, 0.4) is 0 Å². The fourth-order valence-electron chi connectivity index (χ4n) is 3.14. The molecule has 0 saturated carbocycles. The molecule has 2 amide bonds. The summed E-state index contributed by atoms with van der Waals surface area (Å²) in [6, 6.07) is 13.0. The Hall–Kier alpha value is -2.97. The van der Waals surface area contributed by atoms with Gasteiger partial charge in [0, 0.05) is 24.5 Å². The standard InChI is InChI=1S/C22H27FN4O3/c1-16(22(29)25-20-6-4-3-5-19(20)23)26(2)15-21(28)24-17-7-9-18(10-8-17)27-11-13-30-14-12-27/h3-10,16H,11-15H2,1-2H3,(H,24,28)(H,25,29)/t16-/m0/s1. The van der Waals surface area contributed by atoms with Gasteiger partial charge >= 0.3 is 0 Å². The number of amides is 2. The Morgan fingerprint density at radius 1 is 1.10 bits per heavy atom. The van der Waals surface area contributed by atoms with E-state index in [9.17, 15) is 14.0 Å². The van der Waals surface area contributed by atoms with Crippen LogP contribution >= 0.6 is 0 Å². The van der Waals surface area contributed by atoms with Crippen molar-refractivity contribution in [2.75, 3.05) is 55.4 Å². The topological polar surface area (TPSA) is 73.9 Å². The van der Waals surface area contributed by atoms with Crippen LogP contribution in [-0.4, -0.2) is 62.7 Å². The number of ether oxygens (including phenoxy) is 1. The number of carbonyl (C=O) groups excluding carboxylic acids is 2. The molecule has 30 heavy (non-hydrogen) atoms. The van der Waals surface area contributed by atoms with E-state index in [0.29, 0.717) is 18.9 Å². The first-order valence-electron chi connectivity index (χ1n) is 9.92. The maximum absolute atomic E-state index is 13.7. The van der Waals surface area contributed by atoms with Crippen molar-refractivity contribution in [3.05, 3.63) is 54.3 Å². The van der Waals surface area contributed by atoms with E-state index < -0.39 is 11.9 Å². The first-order valence-corrected chi connectivity index (χ1v) is 9.92. The number of para-hydroxylation sites is 1. The Kier molecular flexibility index (Phi) is 7.37. The molecule has 2 aromatic rings. The van der Waals surface area contributed by atoms with Gasteiger partial charge < -0.3 is 20.3 Å². The molecule has 0 aliphatic carbocycles. The lowest BCUT2D eigenvalue weighted by Gasteiger charge is -2.29. The number of hydrogen-bond acceptors (Lipinski definition) is 5. The van der Waals surface area contributed by atoms with E-state index in [0.717, 1.165) is 18.8 Å². The fraction of sp³-hybridized carbons (Fsp3) is 0.364. The lowest BCUT2D eigenvalue weighted by Crippen LogP contribution is -2.43. The van der Waals surface area contributed by atoms with E-state index in [4.69, 9.17) is 4.74 Å². The number of anilines is 3. The number of nitrogens with zero attached hydrogens (tertiary/aromatic N) is 2. The highest BCUT2D eigenvalue weighted by Gasteiger charge is 2.21. The summed E-state index contributed by atoms with van der Waals surface area (Å²) >= 11 is 0. The monoisotopic (exact) mass is 414 g/mol. The third-order valence-corrected chi connectivity index (χ3v) is 5.09. The SMILES string of the molecule is C[C@@H](C(=O)Nc1ccccc1F)N(C)CC(=O)Nc1ccc(N2CCOCC2)cc1. The molecule has 7 nitrogen and oxygen atoms in total. The molecule has 1 saturated heterocycles. The van der Waals surface area contributed by atoms with Gasteiger partial charge in [0.15, 0.2) is 0 Å². The van der Waals surface area contributed by atoms with Gasteiger partial charge in [0.1, 0.15) is 5.82 Å². The first kappa shape index (κ1) is 21.7. The zero-order valence-corrected chi connectivity index (χ0v) is 17.2. The van der Waals surface area contributed by atoms with E-state index in [-0.39, 0.29) is 24.0 Å². The number of nitrogens with one attached hydrogen (secondary N) is 2. The second-order valence-electron chi connectivity index (χ2n) is 7.25. The highest BCUT2D eigenvalue weighted by atomic mass is 19.1. The largest absolute Gasteiger partial charge is 0.378 e. The Labute approximate surface area is 175 Å². The van der Waals surface area contributed by atoms with Gasteiger partial charge in [-0.05, 0) is 50.4 Å². The number of morpholine rings is 1. The minimum atomic E-state index is -0.612. The molecule has 160 valence electrons. The van der Waals surface area contributed by atoms with Crippen molar-refractivity contribution in [3.8, 4) is 0 Å². The Balaban J connectivity index is 1.49. The van der Waals surface area contributed by atoms with Crippen LogP contribution in [0.25, 0.3) is 0 Å². The van der Waals surface area contributed by atoms with Crippen LogP contribution in [0.15, 0.2) is 48.5 Å². The highest BCUT2D eigenvalue weighted by molar-refractivity contribution is 5.96. The van der Waals surface area contributed by atoms with Gasteiger partial charge in [-0.1, -0.05) is 12.1 Å². The van der Waals surface area contributed by atoms with E-state index in [1.807, 2.05) is 24.3 Å². The van der Waals surface area contributed by atoms with E-state index >= 15 is 0 Å². The van der Waals surface area contributed by atoms with E-state index in [2.05, 4.69) is 15.5 Å². The van der Waals surface area contributed by atoms with E-state index in [1.54, 1.807) is 31.0 Å². The molecule has 2 aromatic carbocycles. The van der Waals surface area contributed by atoms with Crippen LogP contribution in [0.1, 0.15) is 6.92 Å². The molecule has 8 heteroatoms. The van der Waals surface area contributed by atoms with Crippen molar-refractivity contribution in [1.29, 1.82) is 0 Å². The lowest BCUT2D eigenvalue weighted by molar-refractivity contribution is -0.122. The summed E-state index contributed by atoms with van der Waals surface area (Å²) < 4.78 is 19.1. The summed E-state index contributed by atoms with van der Waals surface area (Å²) in [5.41, 5.74) is 1.90. The first-order chi connectivity index (χ1) is 14.4. The lowest BCUT2D eigenvalue weighted by atomic mass is 10.2. The number of benzene rings is 2. The van der Waals surface area contributed by atoms with Crippen LogP contribution in [0.2, 0.25) is 0 Å². The van der Waals surface area contributed by atoms with Crippen LogP contribution in [0.5, 0.6) is 0 Å². The van der Waals surface area contributed by atoms with Gasteiger partial charge in [-0.15, -0.1) is 0 Å². The molecule has 1 aliphatic rings. The highest BCUT2D eigenvalue weighted by Crippen LogP contribution is 2.19. The van der Waals surface area contributed by atoms with Crippen molar-refractivity contribution >= 4 is 28.9 Å². The second-order valence-corrected chi connectivity index (χ2v) is 7.25. The zero-order valence-electron chi connectivity index (χ0n) is 17.2. The molecule has 2 N–H and O–H groups in total. The van der Waals surface area contributed by atoms with Gasteiger partial charge in [0.2, 0.25) is 11.8 Å². The molecule has 0 spiro atoms. The summed E-state index contributed by atoms with van der Waals surface area (Å²) in [6.07, 6.45) is 0. The van der Waals surface area contributed by atoms with Crippen LogP contribution < -0.4 is 15.5 Å². The third kappa shape index (κ3) is 5.77. The van der Waals surface area contributed by atoms with Crippen molar-refractivity contribution in [2.45, 2.75) is 13.0 Å². The molecule has 0 radical (unpaired) electrons. The van der Waals surface area contributed by atoms with Crippen LogP contribution in [-0.2, 0) is 14.3 Å². The summed E-state index contributed by atoms with van der Waals surface area (Å²) in [6.45, 7) is 4.82. The second kappa shape index (κ2) is 10.2. The molecule has 0 unspecified atom stereocenters. The number of hydrogen-bond donors (Lipinski definition) is 2. The minimum absolute atomic E-state index is 0.0249. The molecule has 1 atom stereocenters. The van der Waals surface area contributed by atoms with Crippen molar-refractivity contribution < 1.29 is 18.7 Å². The Morgan fingerprint density at radius 3 is 2.43 bits per heavy atom. The average Bonchev–Trinajstić information content (AvgIpc) is 2.75. The molecule has 3 rings (SSSR count). The summed E-state index contributed by atoms with van der Waals surface area (Å²) in [7, 11) is 1.67. The third-order valence-electron chi connectivity index (χ3n) is 5.09. The van der Waals surface area contributed by atoms with Gasteiger partial charge in [-0.25, -0.2) is 4.39 Å². The normalized spacial score (nSPS) is 15.0. The minimum Gasteiger partial charge on any atom is -0.378 e. The molecule has 0 aromatic heterocycles. The van der Waals surface area contributed by atoms with E-state index in [1.165, 1.54) is 12.1 Å². The quantitative estimate of drug-likeness (QED) is 0.729. The molecular formula is C22H27FN4O3. The van der Waals surface area contributed by atoms with Crippen LogP contribution in [0.4, 0.5) is 21.5 Å². The Bertz CT molecular complexity index is 869. The van der Waals surface area contributed by atoms with Crippen molar-refractivity contribution in [2.24, 2.45) is 0 Å². The summed E-state index contributed by atoms with van der Waals surface area (Å²) in [5.74, 6) is -1.12. The van der Waals surface area contributed by atoms with Crippen molar-refractivity contribution in [3.63, 3.8) is 0 Å². The number of carbonyl (C=O) groups is 2. The molecular weight excluding hydrogens is 387 g/mol. The smallest absolute Gasteiger partial charge is 0.241 e. The van der Waals surface area contributed by atoms with Gasteiger partial charge in [-0.2, -0.15) is 0 Å². The zero-order chi connectivity index (χ0) is 21.5. The van der Waals surface area contributed by atoms with Crippen LogP contribution in [0, 0.1) is 5.82 Å². The number of halogens is 1. The van der Waals surface area contributed by atoms with Gasteiger partial charge in [0.05, 0.1) is 31.5 Å². The molecule has 1 heterocycles. The maximum atomic E-state index is 13.7. The molecule has 1 fully saturated rings. The average molecular weight is 414 g/mol. The summed E-state index contributed by atoms with van der Waals surface area (Å²) in [5, 5.41) is 5.39. The summed E-state index contributed by atoms with van der Waals surface area (Å²) in [4.78, 5) is 28.6.